The van der Waals surface area contributed by atoms with E-state index < -0.39 is 28.1 Å². The van der Waals surface area contributed by atoms with E-state index in [4.69, 9.17) is 9.90 Å². The van der Waals surface area contributed by atoms with E-state index in [0.29, 0.717) is 17.7 Å². The van der Waals surface area contributed by atoms with Gasteiger partial charge in [-0.3, -0.25) is 4.72 Å². The zero-order chi connectivity index (χ0) is 30.4. The van der Waals surface area contributed by atoms with Crippen molar-refractivity contribution in [3.8, 4) is 0 Å². The first kappa shape index (κ1) is 32.1. The van der Waals surface area contributed by atoms with Crippen LogP contribution in [0.5, 0.6) is 0 Å². The summed E-state index contributed by atoms with van der Waals surface area (Å²) in [5, 5.41) is 17.0. The van der Waals surface area contributed by atoms with E-state index >= 15 is 0 Å². The number of aromatic carboxylic acids is 1. The monoisotopic (exact) mass is 600 g/mol. The van der Waals surface area contributed by atoms with Gasteiger partial charge in [0, 0.05) is 19.6 Å². The number of carbonyl (C=O) groups is 2. The Balaban J connectivity index is 0.000000587. The number of rotatable bonds is 8. The zero-order valence-electron chi connectivity index (χ0n) is 22.9. The topological polar surface area (TPSA) is 140 Å². The molecular weight excluding hydrogens is 565 g/mol. The van der Waals surface area contributed by atoms with Crippen molar-refractivity contribution >= 4 is 33.5 Å². The average molecular weight is 601 g/mol. The van der Waals surface area contributed by atoms with Gasteiger partial charge in [0.2, 0.25) is 0 Å². The third-order valence-electron chi connectivity index (χ3n) is 6.98. The van der Waals surface area contributed by atoms with Crippen LogP contribution in [0.2, 0.25) is 0 Å². The van der Waals surface area contributed by atoms with E-state index in [2.05, 4.69) is 14.6 Å². The molecule has 1 unspecified atom stereocenters. The number of hydrogen-bond donors (Lipinski definition) is 3. The lowest BCUT2D eigenvalue weighted by atomic mass is 9.97. The lowest BCUT2D eigenvalue weighted by molar-refractivity contribution is -0.192. The number of aromatic nitrogens is 1. The number of halogens is 3. The van der Waals surface area contributed by atoms with Crippen molar-refractivity contribution in [2.75, 3.05) is 42.3 Å². The molecule has 0 spiro atoms. The van der Waals surface area contributed by atoms with Gasteiger partial charge in [-0.2, -0.15) is 13.2 Å². The SMILES string of the molecule is CC(C)c1ccc(S(=O)(=O)Nc2cnc(N3CCCC(CN4CCCC4)C3)c(C(=O)O)c2)cc1.O=C(O)C(F)(F)F. The summed E-state index contributed by atoms with van der Waals surface area (Å²) in [5.41, 5.74) is 1.19. The van der Waals surface area contributed by atoms with E-state index in [9.17, 15) is 31.5 Å². The van der Waals surface area contributed by atoms with Gasteiger partial charge in [-0.25, -0.2) is 23.0 Å². The van der Waals surface area contributed by atoms with Gasteiger partial charge in [-0.15, -0.1) is 0 Å². The number of carboxylic acids is 2. The van der Waals surface area contributed by atoms with Crippen LogP contribution in [-0.4, -0.2) is 79.4 Å². The number of nitrogens with zero attached hydrogens (tertiary/aromatic N) is 3. The average Bonchev–Trinajstić information content (AvgIpc) is 3.41. The van der Waals surface area contributed by atoms with Gasteiger partial charge in [0.15, 0.2) is 0 Å². The van der Waals surface area contributed by atoms with Crippen molar-refractivity contribution < 1.29 is 41.4 Å². The standard InChI is InChI=1S/C25H34N4O4S.C2HF3O2/c1-18(2)20-7-9-22(10-8-20)34(32,33)27-21-14-23(25(30)31)24(26-15-21)29-13-5-6-19(17-29)16-28-11-3-4-12-28;3-2(4,5)1(6)7/h7-10,14-15,18-19,27H,3-6,11-13,16-17H2,1-2H3,(H,30,31);(H,6,7). The minimum Gasteiger partial charge on any atom is -0.478 e. The normalized spacial score (nSPS) is 18.1. The molecular formula is C27H35F3N4O6S. The number of alkyl halides is 3. The van der Waals surface area contributed by atoms with Crippen LogP contribution in [0, 0.1) is 5.92 Å². The second-order valence-electron chi connectivity index (χ2n) is 10.5. The second-order valence-corrected chi connectivity index (χ2v) is 12.2. The largest absolute Gasteiger partial charge is 0.490 e. The molecule has 0 saturated carbocycles. The number of likely N-dealkylation sites (tertiary alicyclic amines) is 1. The number of pyridine rings is 1. The Kier molecular flexibility index (Phi) is 10.6. The first-order valence-corrected chi connectivity index (χ1v) is 14.8. The highest BCUT2D eigenvalue weighted by Gasteiger charge is 2.38. The van der Waals surface area contributed by atoms with Crippen molar-refractivity contribution in [2.24, 2.45) is 5.92 Å². The number of aliphatic carboxylic acids is 1. The van der Waals surface area contributed by atoms with Crippen molar-refractivity contribution in [2.45, 2.75) is 56.5 Å². The molecule has 0 aliphatic carbocycles. The summed E-state index contributed by atoms with van der Waals surface area (Å²) in [6.07, 6.45) is 0.940. The van der Waals surface area contributed by atoms with Crippen LogP contribution in [0.3, 0.4) is 0 Å². The molecule has 0 bridgehead atoms. The van der Waals surface area contributed by atoms with Crippen molar-refractivity contribution in [3.05, 3.63) is 47.7 Å². The number of piperidine rings is 1. The summed E-state index contributed by atoms with van der Waals surface area (Å²) in [6.45, 7) is 8.91. The van der Waals surface area contributed by atoms with Gasteiger partial charge in [-0.1, -0.05) is 26.0 Å². The molecule has 1 atom stereocenters. The van der Waals surface area contributed by atoms with Crippen molar-refractivity contribution in [3.63, 3.8) is 0 Å². The van der Waals surface area contributed by atoms with Crippen LogP contribution in [0.25, 0.3) is 0 Å². The molecule has 3 heterocycles. The summed E-state index contributed by atoms with van der Waals surface area (Å²) in [4.78, 5) is 30.0. The summed E-state index contributed by atoms with van der Waals surface area (Å²) >= 11 is 0. The Morgan fingerprint density at radius 2 is 1.68 bits per heavy atom. The van der Waals surface area contributed by atoms with Gasteiger partial charge in [-0.05, 0) is 74.4 Å². The van der Waals surface area contributed by atoms with E-state index in [0.717, 1.165) is 51.1 Å². The first-order valence-electron chi connectivity index (χ1n) is 13.3. The number of nitrogens with one attached hydrogen (secondary N) is 1. The fourth-order valence-corrected chi connectivity index (χ4v) is 5.94. The molecule has 3 N–H and O–H groups in total. The van der Waals surface area contributed by atoms with Crippen LogP contribution < -0.4 is 9.62 Å². The zero-order valence-corrected chi connectivity index (χ0v) is 23.7. The van der Waals surface area contributed by atoms with Crippen LogP contribution >= 0.6 is 0 Å². The van der Waals surface area contributed by atoms with Crippen LogP contribution in [0.4, 0.5) is 24.7 Å². The maximum absolute atomic E-state index is 12.9. The van der Waals surface area contributed by atoms with Gasteiger partial charge < -0.3 is 20.0 Å². The lowest BCUT2D eigenvalue weighted by Crippen LogP contribution is -2.41. The summed E-state index contributed by atoms with van der Waals surface area (Å²) in [6, 6.07) is 8.07. The summed E-state index contributed by atoms with van der Waals surface area (Å²) < 4.78 is 59.9. The molecule has 14 heteroatoms. The lowest BCUT2D eigenvalue weighted by Gasteiger charge is -2.36. The van der Waals surface area contributed by atoms with Gasteiger partial charge in [0.1, 0.15) is 11.4 Å². The van der Waals surface area contributed by atoms with Crippen LogP contribution in [0.1, 0.15) is 61.4 Å². The molecule has 0 amide bonds. The van der Waals surface area contributed by atoms with Crippen LogP contribution in [-0.2, 0) is 14.8 Å². The molecule has 10 nitrogen and oxygen atoms in total. The predicted octanol–water partition coefficient (Wildman–Crippen LogP) is 4.65. The van der Waals surface area contributed by atoms with Gasteiger partial charge in [0.25, 0.3) is 10.0 Å². The minimum atomic E-state index is -5.08. The Bertz CT molecular complexity index is 1310. The Hall–Kier alpha value is -3.39. The van der Waals surface area contributed by atoms with E-state index in [-0.39, 0.29) is 16.1 Å². The predicted molar refractivity (Wildman–Crippen MR) is 147 cm³/mol. The maximum Gasteiger partial charge on any atom is 0.490 e. The molecule has 2 aromatic rings. The van der Waals surface area contributed by atoms with Crippen molar-refractivity contribution in [1.82, 2.24) is 9.88 Å². The molecule has 2 aliphatic rings. The quantitative estimate of drug-likeness (QED) is 0.395. The number of carboxylic acid groups (broad SMARTS) is 2. The molecule has 2 saturated heterocycles. The fourth-order valence-electron chi connectivity index (χ4n) is 4.91. The fraction of sp³-hybridized carbons (Fsp3) is 0.519. The molecule has 2 fully saturated rings. The highest BCUT2D eigenvalue weighted by atomic mass is 32.2. The van der Waals surface area contributed by atoms with E-state index in [1.807, 2.05) is 18.7 Å². The first-order chi connectivity index (χ1) is 19.2. The molecule has 1 aromatic heterocycles. The molecule has 2 aliphatic heterocycles. The third-order valence-corrected chi connectivity index (χ3v) is 8.38. The molecule has 41 heavy (non-hydrogen) atoms. The van der Waals surface area contributed by atoms with Crippen molar-refractivity contribution in [1.29, 1.82) is 0 Å². The smallest absolute Gasteiger partial charge is 0.478 e. The number of anilines is 2. The highest BCUT2D eigenvalue weighted by Crippen LogP contribution is 2.29. The number of sulfonamides is 1. The third kappa shape index (κ3) is 9.05. The molecule has 226 valence electrons. The van der Waals surface area contributed by atoms with Gasteiger partial charge >= 0.3 is 18.1 Å². The van der Waals surface area contributed by atoms with E-state index in [1.165, 1.54) is 25.1 Å². The Labute approximate surface area is 237 Å². The maximum atomic E-state index is 12.9. The summed E-state index contributed by atoms with van der Waals surface area (Å²) in [7, 11) is -3.86. The Morgan fingerprint density at radius 3 is 2.22 bits per heavy atom. The number of hydrogen-bond acceptors (Lipinski definition) is 7. The van der Waals surface area contributed by atoms with Gasteiger partial charge in [0.05, 0.1) is 16.8 Å². The second kappa shape index (κ2) is 13.5. The summed E-state index contributed by atoms with van der Waals surface area (Å²) in [5.74, 6) is -2.70. The number of benzene rings is 1. The minimum absolute atomic E-state index is 0.0113. The van der Waals surface area contributed by atoms with Crippen LogP contribution in [0.15, 0.2) is 41.4 Å². The van der Waals surface area contributed by atoms with E-state index in [1.54, 1.807) is 24.3 Å². The Morgan fingerprint density at radius 1 is 1.07 bits per heavy atom. The molecule has 4 rings (SSSR count). The highest BCUT2D eigenvalue weighted by molar-refractivity contribution is 7.92. The molecule has 1 aromatic carbocycles. The molecule has 0 radical (unpaired) electrons.